The highest BCUT2D eigenvalue weighted by Gasteiger charge is 2.14. The highest BCUT2D eigenvalue weighted by atomic mass is 16.5. The molecule has 0 aliphatic heterocycles. The predicted octanol–water partition coefficient (Wildman–Crippen LogP) is 3.17. The molecule has 0 aliphatic rings. The molecule has 0 spiro atoms. The van der Waals surface area contributed by atoms with Crippen molar-refractivity contribution < 1.29 is 9.53 Å². The number of aryl methyl sites for hydroxylation is 1. The van der Waals surface area contributed by atoms with Gasteiger partial charge in [-0.05, 0) is 31.4 Å². The number of hydrogen-bond donors (Lipinski definition) is 1. The molecule has 2 aromatic rings. The minimum absolute atomic E-state index is 0.135. The number of hydrogen-bond acceptors (Lipinski definition) is 3. The molecule has 5 nitrogen and oxygen atoms in total. The number of nitrogens with zero attached hydrogens (tertiary/aromatic N) is 2. The van der Waals surface area contributed by atoms with E-state index in [1.165, 1.54) is 0 Å². The van der Waals surface area contributed by atoms with Gasteiger partial charge >= 0.3 is 0 Å². The molecule has 0 saturated carbocycles. The lowest BCUT2D eigenvalue weighted by Gasteiger charge is -2.13. The molecule has 1 heterocycles. The Kier molecular flexibility index (Phi) is 7.25. The molecule has 2 rings (SSSR count). The lowest BCUT2D eigenvalue weighted by molar-refractivity contribution is -0.125. The second-order valence-corrected chi connectivity index (χ2v) is 6.07. The molecular weight excluding hydrogens is 302 g/mol. The minimum atomic E-state index is 0.135. The SMILES string of the molecule is CCC(CC)C(=O)NCCCc1nc2ccccc2n1CCOC. The van der Waals surface area contributed by atoms with Gasteiger partial charge in [-0.2, -0.15) is 0 Å². The molecular formula is C19H29N3O2. The van der Waals surface area contributed by atoms with Gasteiger partial charge in [-0.1, -0.05) is 26.0 Å². The number of amides is 1. The third-order valence-corrected chi connectivity index (χ3v) is 4.49. The van der Waals surface area contributed by atoms with Gasteiger partial charge in [-0.25, -0.2) is 4.98 Å². The van der Waals surface area contributed by atoms with Gasteiger partial charge in [0.05, 0.1) is 17.6 Å². The zero-order chi connectivity index (χ0) is 17.4. The van der Waals surface area contributed by atoms with Crippen LogP contribution in [-0.4, -0.2) is 35.7 Å². The summed E-state index contributed by atoms with van der Waals surface area (Å²) in [5.41, 5.74) is 2.16. The third-order valence-electron chi connectivity index (χ3n) is 4.49. The lowest BCUT2D eigenvalue weighted by atomic mass is 10.0. The molecule has 0 radical (unpaired) electrons. The van der Waals surface area contributed by atoms with Gasteiger partial charge in [0.2, 0.25) is 5.91 Å². The minimum Gasteiger partial charge on any atom is -0.383 e. The smallest absolute Gasteiger partial charge is 0.223 e. The quantitative estimate of drug-likeness (QED) is 0.680. The molecule has 0 bridgehead atoms. The first-order valence-electron chi connectivity index (χ1n) is 8.92. The molecule has 24 heavy (non-hydrogen) atoms. The zero-order valence-electron chi connectivity index (χ0n) is 15.0. The zero-order valence-corrected chi connectivity index (χ0v) is 15.0. The summed E-state index contributed by atoms with van der Waals surface area (Å²) in [7, 11) is 1.71. The summed E-state index contributed by atoms with van der Waals surface area (Å²) >= 11 is 0. The first-order valence-corrected chi connectivity index (χ1v) is 8.92. The third kappa shape index (κ3) is 4.57. The number of ether oxygens (including phenoxy) is 1. The predicted molar refractivity (Wildman–Crippen MR) is 97.0 cm³/mol. The molecule has 1 amide bonds. The van der Waals surface area contributed by atoms with Crippen molar-refractivity contribution in [2.24, 2.45) is 5.92 Å². The Morgan fingerprint density at radius 1 is 1.29 bits per heavy atom. The van der Waals surface area contributed by atoms with Gasteiger partial charge < -0.3 is 14.6 Å². The van der Waals surface area contributed by atoms with Crippen molar-refractivity contribution in [3.05, 3.63) is 30.1 Å². The van der Waals surface area contributed by atoms with Crippen molar-refractivity contribution in [2.75, 3.05) is 20.3 Å². The van der Waals surface area contributed by atoms with E-state index in [4.69, 9.17) is 9.72 Å². The van der Waals surface area contributed by atoms with E-state index >= 15 is 0 Å². The topological polar surface area (TPSA) is 56.2 Å². The van der Waals surface area contributed by atoms with E-state index in [-0.39, 0.29) is 11.8 Å². The van der Waals surface area contributed by atoms with E-state index in [2.05, 4.69) is 29.8 Å². The van der Waals surface area contributed by atoms with Gasteiger partial charge in [0, 0.05) is 32.5 Å². The number of para-hydroxylation sites is 2. The van der Waals surface area contributed by atoms with Crippen molar-refractivity contribution in [2.45, 2.75) is 46.1 Å². The first-order chi connectivity index (χ1) is 11.7. The molecule has 1 N–H and O–H groups in total. The van der Waals surface area contributed by atoms with Crippen LogP contribution in [0.25, 0.3) is 11.0 Å². The number of carbonyl (C=O) groups is 1. The number of carbonyl (C=O) groups excluding carboxylic acids is 1. The Balaban J connectivity index is 1.95. The average Bonchev–Trinajstić information content (AvgIpc) is 2.95. The Morgan fingerprint density at radius 2 is 2.04 bits per heavy atom. The van der Waals surface area contributed by atoms with Crippen molar-refractivity contribution >= 4 is 16.9 Å². The fraction of sp³-hybridized carbons (Fsp3) is 0.579. The van der Waals surface area contributed by atoms with Crippen LogP contribution in [0.5, 0.6) is 0 Å². The van der Waals surface area contributed by atoms with E-state index in [0.29, 0.717) is 13.2 Å². The summed E-state index contributed by atoms with van der Waals surface area (Å²) in [6, 6.07) is 8.18. The summed E-state index contributed by atoms with van der Waals surface area (Å²) in [5, 5.41) is 3.05. The van der Waals surface area contributed by atoms with Gasteiger partial charge in [-0.15, -0.1) is 0 Å². The van der Waals surface area contributed by atoms with Gasteiger partial charge in [0.25, 0.3) is 0 Å². The van der Waals surface area contributed by atoms with Crippen LogP contribution in [0, 0.1) is 5.92 Å². The maximum atomic E-state index is 12.0. The number of methoxy groups -OCH3 is 1. The molecule has 132 valence electrons. The van der Waals surface area contributed by atoms with E-state index in [1.807, 2.05) is 18.2 Å². The van der Waals surface area contributed by atoms with Crippen LogP contribution >= 0.6 is 0 Å². The Bertz CT molecular complexity index is 647. The summed E-state index contributed by atoms with van der Waals surface area (Å²) in [6.45, 7) is 6.28. The van der Waals surface area contributed by atoms with Gasteiger partial charge in [-0.3, -0.25) is 4.79 Å². The van der Waals surface area contributed by atoms with E-state index in [9.17, 15) is 4.79 Å². The number of fused-ring (bicyclic) bond motifs is 1. The average molecular weight is 331 g/mol. The first kappa shape index (κ1) is 18.5. The summed E-state index contributed by atoms with van der Waals surface area (Å²) in [4.78, 5) is 16.8. The number of nitrogens with one attached hydrogen (secondary N) is 1. The van der Waals surface area contributed by atoms with Crippen LogP contribution in [-0.2, 0) is 22.5 Å². The highest BCUT2D eigenvalue weighted by molar-refractivity contribution is 5.78. The van der Waals surface area contributed by atoms with Gasteiger partial charge in [0.1, 0.15) is 5.82 Å². The Hall–Kier alpha value is -1.88. The van der Waals surface area contributed by atoms with Crippen LogP contribution in [0.4, 0.5) is 0 Å². The lowest BCUT2D eigenvalue weighted by Crippen LogP contribution is -2.31. The maximum absolute atomic E-state index is 12.0. The van der Waals surface area contributed by atoms with E-state index < -0.39 is 0 Å². The summed E-state index contributed by atoms with van der Waals surface area (Å²) in [6.07, 6.45) is 3.54. The van der Waals surface area contributed by atoms with Crippen LogP contribution in [0.3, 0.4) is 0 Å². The molecule has 0 fully saturated rings. The highest BCUT2D eigenvalue weighted by Crippen LogP contribution is 2.17. The molecule has 0 aliphatic carbocycles. The standard InChI is InChI=1S/C19H29N3O2/c1-4-15(5-2)19(23)20-12-8-11-18-21-16-9-6-7-10-17(16)22(18)13-14-24-3/h6-7,9-10,15H,4-5,8,11-14H2,1-3H3,(H,20,23). The monoisotopic (exact) mass is 331 g/mol. The Morgan fingerprint density at radius 3 is 2.75 bits per heavy atom. The number of benzene rings is 1. The second kappa shape index (κ2) is 9.42. The maximum Gasteiger partial charge on any atom is 0.223 e. The normalized spacial score (nSPS) is 11.3. The summed E-state index contributed by atoms with van der Waals surface area (Å²) in [5.74, 6) is 1.37. The number of aromatic nitrogens is 2. The van der Waals surface area contributed by atoms with Crippen molar-refractivity contribution in [1.82, 2.24) is 14.9 Å². The fourth-order valence-electron chi connectivity index (χ4n) is 3.01. The molecule has 1 aromatic carbocycles. The van der Waals surface area contributed by atoms with Crippen molar-refractivity contribution in [3.8, 4) is 0 Å². The van der Waals surface area contributed by atoms with Crippen LogP contribution in [0.15, 0.2) is 24.3 Å². The molecule has 1 aromatic heterocycles. The molecule has 5 heteroatoms. The molecule has 0 atom stereocenters. The molecule has 0 unspecified atom stereocenters. The van der Waals surface area contributed by atoms with Gasteiger partial charge in [0.15, 0.2) is 0 Å². The summed E-state index contributed by atoms with van der Waals surface area (Å²) < 4.78 is 7.45. The number of rotatable bonds is 10. The second-order valence-electron chi connectivity index (χ2n) is 6.07. The largest absolute Gasteiger partial charge is 0.383 e. The van der Waals surface area contributed by atoms with E-state index in [0.717, 1.165) is 49.1 Å². The van der Waals surface area contributed by atoms with Crippen LogP contribution in [0.1, 0.15) is 38.9 Å². The number of imidazole rings is 1. The van der Waals surface area contributed by atoms with Crippen molar-refractivity contribution in [1.29, 1.82) is 0 Å². The Labute approximate surface area is 144 Å². The van der Waals surface area contributed by atoms with E-state index in [1.54, 1.807) is 7.11 Å². The van der Waals surface area contributed by atoms with Crippen LogP contribution < -0.4 is 5.32 Å². The van der Waals surface area contributed by atoms with Crippen LogP contribution in [0.2, 0.25) is 0 Å². The van der Waals surface area contributed by atoms with Crippen molar-refractivity contribution in [3.63, 3.8) is 0 Å². The molecule has 0 saturated heterocycles. The fourth-order valence-corrected chi connectivity index (χ4v) is 3.01.